The minimum absolute atomic E-state index is 0.0567. The second-order valence-electron chi connectivity index (χ2n) is 7.93. The van der Waals surface area contributed by atoms with Gasteiger partial charge in [0.1, 0.15) is 16.9 Å². The predicted molar refractivity (Wildman–Crippen MR) is 129 cm³/mol. The van der Waals surface area contributed by atoms with Gasteiger partial charge in [-0.25, -0.2) is 9.78 Å². The van der Waals surface area contributed by atoms with Crippen LogP contribution in [0.5, 0.6) is 0 Å². The molecule has 4 rings (SSSR count). The number of amides is 1. The molecule has 3 heterocycles. The van der Waals surface area contributed by atoms with E-state index in [1.807, 2.05) is 26.0 Å². The Kier molecular flexibility index (Phi) is 6.67. The van der Waals surface area contributed by atoms with E-state index in [0.29, 0.717) is 23.4 Å². The Bertz CT molecular complexity index is 1520. The van der Waals surface area contributed by atoms with E-state index < -0.39 is 11.9 Å². The molecule has 0 aliphatic heterocycles. The van der Waals surface area contributed by atoms with Crippen molar-refractivity contribution in [3.63, 3.8) is 0 Å². The van der Waals surface area contributed by atoms with E-state index in [-0.39, 0.29) is 28.6 Å². The molecule has 0 radical (unpaired) electrons. The maximum absolute atomic E-state index is 13.4. The highest BCUT2D eigenvalue weighted by molar-refractivity contribution is 5.97. The molecule has 0 atom stereocenters. The molecule has 1 amide bonds. The molecule has 174 valence electrons. The van der Waals surface area contributed by atoms with Crippen molar-refractivity contribution >= 4 is 28.6 Å². The van der Waals surface area contributed by atoms with Gasteiger partial charge in [-0.3, -0.25) is 14.0 Å². The number of aryl methyl sites for hydroxylation is 2. The lowest BCUT2D eigenvalue weighted by Gasteiger charge is -2.15. The number of carbonyl (C=O) groups is 2. The number of nitrogens with zero attached hydrogens (tertiary/aromatic N) is 4. The van der Waals surface area contributed by atoms with Crippen LogP contribution in [0.1, 0.15) is 53.0 Å². The minimum atomic E-state index is -0.650. The number of esters is 1. The number of aromatic nitrogens is 3. The van der Waals surface area contributed by atoms with Crippen molar-refractivity contribution in [1.29, 1.82) is 0 Å². The molecule has 0 N–H and O–H groups in total. The zero-order valence-electron chi connectivity index (χ0n) is 19.4. The number of fused-ring (bicyclic) bond motifs is 2. The van der Waals surface area contributed by atoms with E-state index in [1.165, 1.54) is 10.5 Å². The van der Waals surface area contributed by atoms with E-state index in [4.69, 9.17) is 9.72 Å². The summed E-state index contributed by atoms with van der Waals surface area (Å²) in [6.45, 7) is 6.18. The van der Waals surface area contributed by atoms with Gasteiger partial charge in [-0.15, -0.1) is 0 Å². The van der Waals surface area contributed by atoms with Crippen molar-refractivity contribution in [2.45, 2.75) is 40.2 Å². The number of ether oxygens (including phenoxy) is 1. The number of benzene rings is 1. The maximum Gasteiger partial charge on any atom is 0.341 e. The molecule has 0 saturated carbocycles. The molecule has 8 heteroatoms. The quantitative estimate of drug-likeness (QED) is 0.325. The van der Waals surface area contributed by atoms with Crippen LogP contribution in [0.4, 0.5) is 0 Å². The minimum Gasteiger partial charge on any atom is -0.462 e. The molecule has 8 nitrogen and oxygen atoms in total. The molecule has 1 aromatic carbocycles. The first kappa shape index (κ1) is 23.1. The molecule has 0 fully saturated rings. The predicted octanol–water partition coefficient (Wildman–Crippen LogP) is 3.68. The summed E-state index contributed by atoms with van der Waals surface area (Å²) in [5.74, 6) is -1.15. The SMILES string of the molecule is CCCCn1c(=NC(=O)c2ccccc2)c(C(=O)OCC)cc2c(=O)n3cccc(C)c3nc21. The van der Waals surface area contributed by atoms with Gasteiger partial charge < -0.3 is 9.30 Å². The fraction of sp³-hybridized carbons (Fsp3) is 0.269. The third kappa shape index (κ3) is 4.26. The van der Waals surface area contributed by atoms with Crippen molar-refractivity contribution in [3.05, 3.63) is 87.3 Å². The Morgan fingerprint density at radius 2 is 1.82 bits per heavy atom. The normalized spacial score (nSPS) is 11.8. The number of hydrogen-bond acceptors (Lipinski definition) is 5. The average molecular weight is 459 g/mol. The summed E-state index contributed by atoms with van der Waals surface area (Å²) < 4.78 is 8.41. The van der Waals surface area contributed by atoms with E-state index in [9.17, 15) is 14.4 Å². The van der Waals surface area contributed by atoms with E-state index >= 15 is 0 Å². The maximum atomic E-state index is 13.4. The Balaban J connectivity index is 2.15. The first-order valence-electron chi connectivity index (χ1n) is 11.3. The summed E-state index contributed by atoms with van der Waals surface area (Å²) in [7, 11) is 0. The highest BCUT2D eigenvalue weighted by atomic mass is 16.5. The summed E-state index contributed by atoms with van der Waals surface area (Å²) in [4.78, 5) is 48.5. The number of rotatable bonds is 6. The highest BCUT2D eigenvalue weighted by Crippen LogP contribution is 2.14. The molecule has 34 heavy (non-hydrogen) atoms. The van der Waals surface area contributed by atoms with Crippen molar-refractivity contribution in [1.82, 2.24) is 14.0 Å². The Morgan fingerprint density at radius 1 is 1.06 bits per heavy atom. The van der Waals surface area contributed by atoms with Gasteiger partial charge in [0.2, 0.25) is 0 Å². The highest BCUT2D eigenvalue weighted by Gasteiger charge is 2.20. The zero-order chi connectivity index (χ0) is 24.2. The van der Waals surface area contributed by atoms with Crippen LogP contribution in [0.2, 0.25) is 0 Å². The van der Waals surface area contributed by atoms with Crippen molar-refractivity contribution in [2.75, 3.05) is 6.61 Å². The lowest BCUT2D eigenvalue weighted by atomic mass is 10.2. The largest absolute Gasteiger partial charge is 0.462 e. The summed E-state index contributed by atoms with van der Waals surface area (Å²) in [6.07, 6.45) is 3.24. The van der Waals surface area contributed by atoms with Gasteiger partial charge in [-0.2, -0.15) is 4.99 Å². The van der Waals surface area contributed by atoms with Crippen molar-refractivity contribution < 1.29 is 14.3 Å². The van der Waals surface area contributed by atoms with Crippen LogP contribution in [0.15, 0.2) is 64.5 Å². The van der Waals surface area contributed by atoms with E-state index in [1.54, 1.807) is 48.0 Å². The molecule has 0 saturated heterocycles. The van der Waals surface area contributed by atoms with Crippen molar-refractivity contribution in [3.8, 4) is 0 Å². The van der Waals surface area contributed by atoms with Gasteiger partial charge >= 0.3 is 5.97 Å². The number of hydrogen-bond donors (Lipinski definition) is 0. The smallest absolute Gasteiger partial charge is 0.341 e. The average Bonchev–Trinajstić information content (AvgIpc) is 2.84. The number of pyridine rings is 2. The lowest BCUT2D eigenvalue weighted by molar-refractivity contribution is 0.0523. The first-order valence-corrected chi connectivity index (χ1v) is 11.3. The zero-order valence-corrected chi connectivity index (χ0v) is 19.4. The van der Waals surface area contributed by atoms with Crippen LogP contribution in [-0.2, 0) is 11.3 Å². The summed E-state index contributed by atoms with van der Waals surface area (Å²) in [5.41, 5.74) is 1.99. The first-order chi connectivity index (χ1) is 16.5. The Hall–Kier alpha value is -4.07. The molecular weight excluding hydrogens is 432 g/mol. The standard InChI is InChI=1S/C26H26N4O4/c1-4-6-14-29-22-19(25(32)30-15-10-11-17(3)21(30)27-22)16-20(26(33)34-5-2)23(29)28-24(31)18-12-8-7-9-13-18/h7-13,15-16H,4-6,14H2,1-3H3. The van der Waals surface area contributed by atoms with Gasteiger partial charge in [-0.1, -0.05) is 37.6 Å². The second-order valence-corrected chi connectivity index (χ2v) is 7.93. The Labute approximate surface area is 196 Å². The monoisotopic (exact) mass is 458 g/mol. The summed E-state index contributed by atoms with van der Waals surface area (Å²) >= 11 is 0. The van der Waals surface area contributed by atoms with Gasteiger partial charge in [0.15, 0.2) is 5.49 Å². The molecular formula is C26H26N4O4. The molecule has 3 aromatic heterocycles. The van der Waals surface area contributed by atoms with Crippen LogP contribution >= 0.6 is 0 Å². The van der Waals surface area contributed by atoms with Crippen LogP contribution in [0, 0.1) is 6.92 Å². The summed E-state index contributed by atoms with van der Waals surface area (Å²) in [6, 6.07) is 13.7. The molecule has 0 spiro atoms. The fourth-order valence-corrected chi connectivity index (χ4v) is 3.84. The van der Waals surface area contributed by atoms with Gasteiger partial charge in [0.05, 0.1) is 12.0 Å². The molecule has 0 aliphatic carbocycles. The van der Waals surface area contributed by atoms with E-state index in [2.05, 4.69) is 4.99 Å². The van der Waals surface area contributed by atoms with Gasteiger partial charge in [-0.05, 0) is 50.1 Å². The molecule has 0 aliphatic rings. The molecule has 4 aromatic rings. The topological polar surface area (TPSA) is 95.0 Å². The fourth-order valence-electron chi connectivity index (χ4n) is 3.84. The van der Waals surface area contributed by atoms with E-state index in [0.717, 1.165) is 18.4 Å². The Morgan fingerprint density at radius 3 is 2.53 bits per heavy atom. The van der Waals surface area contributed by atoms with Crippen molar-refractivity contribution in [2.24, 2.45) is 4.99 Å². The van der Waals surface area contributed by atoms with Gasteiger partial charge in [0, 0.05) is 18.3 Å². The van der Waals surface area contributed by atoms with Crippen LogP contribution in [-0.4, -0.2) is 32.4 Å². The number of carbonyl (C=O) groups excluding carboxylic acids is 2. The van der Waals surface area contributed by atoms with Gasteiger partial charge in [0.25, 0.3) is 11.5 Å². The van der Waals surface area contributed by atoms with Crippen LogP contribution < -0.4 is 11.0 Å². The van der Waals surface area contributed by atoms with Crippen LogP contribution in [0.25, 0.3) is 16.7 Å². The third-order valence-electron chi connectivity index (χ3n) is 5.56. The summed E-state index contributed by atoms with van der Waals surface area (Å²) in [5, 5.41) is 0.258. The molecule has 0 bridgehead atoms. The third-order valence-corrected chi connectivity index (χ3v) is 5.56. The molecule has 0 unspecified atom stereocenters. The van der Waals surface area contributed by atoms with Crippen LogP contribution in [0.3, 0.4) is 0 Å². The lowest BCUT2D eigenvalue weighted by Crippen LogP contribution is -2.33. The second kappa shape index (κ2) is 9.82. The number of unbranched alkanes of at least 4 members (excludes halogenated alkanes) is 1.